The average Bonchev–Trinajstić information content (AvgIpc) is 2.61. The molecule has 2 aliphatic rings. The molecule has 104 valence electrons. The van der Waals surface area contributed by atoms with Crippen LogP contribution in [-0.2, 0) is 14.6 Å². The largest absolute Gasteiger partial charge is 0.384 e. The van der Waals surface area contributed by atoms with Crippen molar-refractivity contribution < 1.29 is 13.2 Å². The van der Waals surface area contributed by atoms with E-state index in [1.165, 1.54) is 0 Å². The van der Waals surface area contributed by atoms with Crippen LogP contribution in [0.3, 0.4) is 0 Å². The Hall–Kier alpha value is -1.21. The van der Waals surface area contributed by atoms with E-state index >= 15 is 0 Å². The lowest BCUT2D eigenvalue weighted by Gasteiger charge is -2.49. The highest BCUT2D eigenvalue weighted by Gasteiger charge is 2.61. The van der Waals surface area contributed by atoms with Crippen LogP contribution >= 0.6 is 0 Å². The van der Waals surface area contributed by atoms with Crippen LogP contribution in [0.2, 0.25) is 0 Å². The highest BCUT2D eigenvalue weighted by atomic mass is 32.2. The van der Waals surface area contributed by atoms with Crippen LogP contribution in [0.4, 0.5) is 5.95 Å². The molecule has 2 fully saturated rings. The predicted octanol–water partition coefficient (Wildman–Crippen LogP) is 0.116. The molecule has 1 spiro atoms. The molecule has 7 heteroatoms. The van der Waals surface area contributed by atoms with Crippen molar-refractivity contribution in [1.29, 1.82) is 0 Å². The van der Waals surface area contributed by atoms with Gasteiger partial charge in [0.25, 0.3) is 0 Å². The molecule has 0 aliphatic carbocycles. The van der Waals surface area contributed by atoms with Gasteiger partial charge < -0.3 is 9.64 Å². The zero-order chi connectivity index (χ0) is 13.5. The van der Waals surface area contributed by atoms with E-state index in [4.69, 9.17) is 4.74 Å². The second kappa shape index (κ2) is 4.42. The van der Waals surface area contributed by atoms with Gasteiger partial charge in [-0.15, -0.1) is 0 Å². The Morgan fingerprint density at radius 2 is 2.11 bits per heavy atom. The summed E-state index contributed by atoms with van der Waals surface area (Å²) in [6.07, 6.45) is 4.03. The van der Waals surface area contributed by atoms with Gasteiger partial charge in [-0.1, -0.05) is 0 Å². The van der Waals surface area contributed by atoms with Crippen molar-refractivity contribution in [2.45, 2.75) is 11.2 Å². The van der Waals surface area contributed by atoms with Crippen LogP contribution in [0, 0.1) is 5.92 Å². The Morgan fingerprint density at radius 3 is 2.74 bits per heavy atom. The number of anilines is 1. The molecule has 1 aromatic heterocycles. The topological polar surface area (TPSA) is 72.4 Å². The number of hydrogen-bond acceptors (Lipinski definition) is 6. The molecular formula is C12H17N3O3S. The molecule has 6 nitrogen and oxygen atoms in total. The molecule has 0 bridgehead atoms. The standard InChI is InChI=1S/C12H17N3O3S/c1-18-7-10-3-6-19(16,17)12(10)8-15(9-12)11-13-4-2-5-14-11/h2,4-5,10H,3,6-9H2,1H3/t10-/m0/s1. The number of aromatic nitrogens is 2. The van der Waals surface area contributed by atoms with Crippen LogP contribution in [0.5, 0.6) is 0 Å². The Balaban J connectivity index is 1.82. The van der Waals surface area contributed by atoms with E-state index in [0.717, 1.165) is 0 Å². The van der Waals surface area contributed by atoms with Gasteiger partial charge in [0.2, 0.25) is 5.95 Å². The number of rotatable bonds is 3. The first kappa shape index (κ1) is 12.8. The molecule has 0 unspecified atom stereocenters. The molecule has 0 saturated carbocycles. The zero-order valence-corrected chi connectivity index (χ0v) is 11.6. The summed E-state index contributed by atoms with van der Waals surface area (Å²) in [4.78, 5) is 10.2. The van der Waals surface area contributed by atoms with Crippen molar-refractivity contribution >= 4 is 15.8 Å². The van der Waals surface area contributed by atoms with Crippen molar-refractivity contribution in [2.24, 2.45) is 5.92 Å². The minimum Gasteiger partial charge on any atom is -0.384 e. The van der Waals surface area contributed by atoms with Crippen LogP contribution in [0.15, 0.2) is 18.5 Å². The first-order valence-electron chi connectivity index (χ1n) is 6.32. The molecule has 1 aromatic rings. The summed E-state index contributed by atoms with van der Waals surface area (Å²) in [6.45, 7) is 1.46. The van der Waals surface area contributed by atoms with E-state index in [1.807, 2.05) is 4.90 Å². The molecule has 1 atom stereocenters. The van der Waals surface area contributed by atoms with Crippen LogP contribution < -0.4 is 4.90 Å². The van der Waals surface area contributed by atoms with Gasteiger partial charge in [0.1, 0.15) is 4.75 Å². The monoisotopic (exact) mass is 283 g/mol. The summed E-state index contributed by atoms with van der Waals surface area (Å²) in [5.41, 5.74) is 0. The smallest absolute Gasteiger partial charge is 0.225 e. The second-order valence-corrected chi connectivity index (χ2v) is 7.68. The fourth-order valence-electron chi connectivity index (χ4n) is 3.10. The third-order valence-electron chi connectivity index (χ3n) is 4.22. The first-order chi connectivity index (χ1) is 9.09. The van der Waals surface area contributed by atoms with E-state index < -0.39 is 14.6 Å². The summed E-state index contributed by atoms with van der Waals surface area (Å²) in [5.74, 6) is 0.957. The van der Waals surface area contributed by atoms with Crippen LogP contribution in [0.25, 0.3) is 0 Å². The highest BCUT2D eigenvalue weighted by molar-refractivity contribution is 7.93. The summed E-state index contributed by atoms with van der Waals surface area (Å²) in [5, 5.41) is 0. The van der Waals surface area contributed by atoms with Crippen LogP contribution in [0.1, 0.15) is 6.42 Å². The number of nitrogens with zero attached hydrogens (tertiary/aromatic N) is 3. The van der Waals surface area contributed by atoms with Crippen molar-refractivity contribution in [3.05, 3.63) is 18.5 Å². The number of sulfone groups is 1. The Morgan fingerprint density at radius 1 is 1.42 bits per heavy atom. The van der Waals surface area contributed by atoms with Gasteiger partial charge in [-0.05, 0) is 12.5 Å². The maximum Gasteiger partial charge on any atom is 0.225 e. The van der Waals surface area contributed by atoms with Crippen molar-refractivity contribution in [1.82, 2.24) is 9.97 Å². The zero-order valence-electron chi connectivity index (χ0n) is 10.8. The number of ether oxygens (including phenoxy) is 1. The Kier molecular flexibility index (Phi) is 2.98. The predicted molar refractivity (Wildman–Crippen MR) is 70.7 cm³/mol. The molecule has 2 saturated heterocycles. The van der Waals surface area contributed by atoms with Gasteiger partial charge in [0.15, 0.2) is 9.84 Å². The minimum absolute atomic E-state index is 0.0856. The Labute approximate surface area is 112 Å². The summed E-state index contributed by atoms with van der Waals surface area (Å²) >= 11 is 0. The van der Waals surface area contributed by atoms with Crippen molar-refractivity contribution in [3.63, 3.8) is 0 Å². The molecular weight excluding hydrogens is 266 g/mol. The minimum atomic E-state index is -3.04. The van der Waals surface area contributed by atoms with E-state index in [0.29, 0.717) is 32.1 Å². The fourth-order valence-corrected chi connectivity index (χ4v) is 5.50. The number of methoxy groups -OCH3 is 1. The third-order valence-corrected chi connectivity index (χ3v) is 6.82. The van der Waals surface area contributed by atoms with E-state index in [2.05, 4.69) is 9.97 Å². The molecule has 0 aromatic carbocycles. The van der Waals surface area contributed by atoms with Crippen LogP contribution in [-0.4, -0.2) is 55.7 Å². The van der Waals surface area contributed by atoms with E-state index in [9.17, 15) is 8.42 Å². The molecule has 0 radical (unpaired) electrons. The van der Waals surface area contributed by atoms with Crippen molar-refractivity contribution in [2.75, 3.05) is 37.5 Å². The van der Waals surface area contributed by atoms with E-state index in [1.54, 1.807) is 25.6 Å². The third kappa shape index (κ3) is 1.83. The maximum absolute atomic E-state index is 12.3. The number of hydrogen-bond donors (Lipinski definition) is 0. The maximum atomic E-state index is 12.3. The molecule has 19 heavy (non-hydrogen) atoms. The normalized spacial score (nSPS) is 27.4. The first-order valence-corrected chi connectivity index (χ1v) is 7.97. The summed E-state index contributed by atoms with van der Waals surface area (Å²) < 4.78 is 29.1. The molecule has 3 rings (SSSR count). The fraction of sp³-hybridized carbons (Fsp3) is 0.667. The molecule has 2 aliphatic heterocycles. The quantitative estimate of drug-likeness (QED) is 0.784. The van der Waals surface area contributed by atoms with Gasteiger partial charge in [-0.2, -0.15) is 0 Å². The van der Waals surface area contributed by atoms with Gasteiger partial charge in [-0.25, -0.2) is 18.4 Å². The lowest BCUT2D eigenvalue weighted by molar-refractivity contribution is 0.123. The average molecular weight is 283 g/mol. The van der Waals surface area contributed by atoms with E-state index in [-0.39, 0.29) is 11.7 Å². The van der Waals surface area contributed by atoms with Gasteiger partial charge >= 0.3 is 0 Å². The lowest BCUT2D eigenvalue weighted by atomic mass is 9.84. The SMILES string of the molecule is COC[C@@H]1CCS(=O)(=O)C12CN(c1ncccn1)C2. The van der Waals surface area contributed by atoms with Gasteiger partial charge in [0, 0.05) is 38.5 Å². The summed E-state index contributed by atoms with van der Waals surface area (Å²) in [6, 6.07) is 1.75. The summed E-state index contributed by atoms with van der Waals surface area (Å²) in [7, 11) is -1.42. The molecule has 3 heterocycles. The van der Waals surface area contributed by atoms with Gasteiger partial charge in [0.05, 0.1) is 12.4 Å². The second-order valence-electron chi connectivity index (χ2n) is 5.23. The van der Waals surface area contributed by atoms with Crippen molar-refractivity contribution in [3.8, 4) is 0 Å². The Bertz CT molecular complexity index is 555. The van der Waals surface area contributed by atoms with Gasteiger partial charge in [-0.3, -0.25) is 0 Å². The molecule has 0 amide bonds. The highest BCUT2D eigenvalue weighted by Crippen LogP contribution is 2.45. The lowest BCUT2D eigenvalue weighted by Crippen LogP contribution is -2.68. The molecule has 0 N–H and O–H groups in total.